The minimum Gasteiger partial charge on any atom is -0.385 e. The van der Waals surface area contributed by atoms with E-state index in [1.165, 1.54) is 0 Å². The molecule has 3 heteroatoms. The molecule has 0 spiro atoms. The summed E-state index contributed by atoms with van der Waals surface area (Å²) in [6.07, 6.45) is 4.13. The van der Waals surface area contributed by atoms with Gasteiger partial charge >= 0.3 is 0 Å². The average Bonchev–Trinajstić information content (AvgIpc) is 2.16. The summed E-state index contributed by atoms with van der Waals surface area (Å²) in [7, 11) is 1.70. The molecule has 1 aromatic rings. The molecule has 1 rings (SSSR count). The van der Waals surface area contributed by atoms with Crippen LogP contribution in [0.5, 0.6) is 0 Å². The number of hydrogen-bond acceptors (Lipinski definition) is 3. The number of nitrogens with one attached hydrogen (secondary N) is 1. The molecule has 0 aliphatic carbocycles. The number of hydrogen-bond donors (Lipinski definition) is 1. The van der Waals surface area contributed by atoms with Gasteiger partial charge in [-0.2, -0.15) is 0 Å². The van der Waals surface area contributed by atoms with Gasteiger partial charge in [-0.05, 0) is 18.2 Å². The first kappa shape index (κ1) is 8.46. The zero-order valence-electron chi connectivity index (χ0n) is 6.82. The summed E-state index contributed by atoms with van der Waals surface area (Å²) in [6, 6.07) is 5.54. The third kappa shape index (κ3) is 2.20. The molecule has 0 bridgehead atoms. The Morgan fingerprint density at radius 2 is 2.42 bits per heavy atom. The Morgan fingerprint density at radius 3 is 2.92 bits per heavy atom. The van der Waals surface area contributed by atoms with Crippen LogP contribution >= 0.6 is 0 Å². The van der Waals surface area contributed by atoms with E-state index in [0.717, 1.165) is 12.0 Å². The van der Waals surface area contributed by atoms with E-state index in [2.05, 4.69) is 10.3 Å². The van der Waals surface area contributed by atoms with Gasteiger partial charge in [0.15, 0.2) is 6.29 Å². The van der Waals surface area contributed by atoms with Crippen molar-refractivity contribution in [2.24, 2.45) is 0 Å². The topological polar surface area (TPSA) is 42.0 Å². The summed E-state index contributed by atoms with van der Waals surface area (Å²) < 4.78 is 0. The minimum atomic E-state index is 0.522. The summed E-state index contributed by atoms with van der Waals surface area (Å²) in [6.45, 7) is 0. The van der Waals surface area contributed by atoms with Gasteiger partial charge in [0.1, 0.15) is 0 Å². The maximum atomic E-state index is 10.4. The molecule has 1 aromatic heterocycles. The van der Waals surface area contributed by atoms with Gasteiger partial charge in [0.05, 0.1) is 11.4 Å². The monoisotopic (exact) mass is 162 g/mol. The zero-order chi connectivity index (χ0) is 8.81. The molecule has 62 valence electrons. The number of nitrogens with zero attached hydrogens (tertiary/aromatic N) is 1. The van der Waals surface area contributed by atoms with Gasteiger partial charge in [-0.25, -0.2) is 0 Å². The third-order valence-electron chi connectivity index (χ3n) is 1.41. The van der Waals surface area contributed by atoms with Crippen molar-refractivity contribution in [3.8, 4) is 0 Å². The normalized spacial score (nSPS) is 10.9. The van der Waals surface area contributed by atoms with Crippen molar-refractivity contribution in [1.29, 1.82) is 0 Å². The van der Waals surface area contributed by atoms with Crippen molar-refractivity contribution in [3.63, 3.8) is 0 Å². The fourth-order valence-corrected chi connectivity index (χ4v) is 0.786. The van der Waals surface area contributed by atoms with Crippen LogP contribution in [-0.2, 0) is 4.79 Å². The van der Waals surface area contributed by atoms with Gasteiger partial charge in [0.25, 0.3) is 0 Å². The highest BCUT2D eigenvalue weighted by Crippen LogP contribution is 1.98. The molecule has 0 radical (unpaired) electrons. The number of likely N-dealkylation sites (N-methyl/N-ethyl adjacent to an activating group) is 1. The zero-order valence-corrected chi connectivity index (χ0v) is 6.82. The second-order valence-corrected chi connectivity index (χ2v) is 2.22. The molecule has 0 amide bonds. The number of aldehydes is 1. The van der Waals surface area contributed by atoms with Crippen LogP contribution in [0.2, 0.25) is 0 Å². The molecule has 0 atom stereocenters. The molecule has 1 heterocycles. The summed E-state index contributed by atoms with van der Waals surface area (Å²) in [5.41, 5.74) is 1.29. The van der Waals surface area contributed by atoms with Gasteiger partial charge in [-0.15, -0.1) is 0 Å². The van der Waals surface area contributed by atoms with Crippen molar-refractivity contribution in [2.45, 2.75) is 0 Å². The largest absolute Gasteiger partial charge is 0.385 e. The molecule has 0 fully saturated rings. The smallest absolute Gasteiger partial charge is 0.165 e. The standard InChI is InChI=1S/C9H10N2O/c1-10-9(7-12)6-8-4-2-3-5-11-8/h2-7,10H,1H3/b9-6+. The van der Waals surface area contributed by atoms with Crippen molar-refractivity contribution in [3.05, 3.63) is 35.8 Å². The molecule has 0 aliphatic heterocycles. The Morgan fingerprint density at radius 1 is 1.58 bits per heavy atom. The molecule has 0 aliphatic rings. The molecule has 0 unspecified atom stereocenters. The maximum absolute atomic E-state index is 10.4. The third-order valence-corrected chi connectivity index (χ3v) is 1.41. The van der Waals surface area contributed by atoms with Crippen LogP contribution in [0.15, 0.2) is 30.1 Å². The molecular weight excluding hydrogens is 152 g/mol. The molecule has 0 saturated carbocycles. The van der Waals surface area contributed by atoms with Crippen molar-refractivity contribution in [2.75, 3.05) is 7.05 Å². The summed E-state index contributed by atoms with van der Waals surface area (Å²) >= 11 is 0. The number of allylic oxidation sites excluding steroid dienone is 1. The van der Waals surface area contributed by atoms with E-state index < -0.39 is 0 Å². The lowest BCUT2D eigenvalue weighted by atomic mass is 10.3. The van der Waals surface area contributed by atoms with E-state index in [-0.39, 0.29) is 0 Å². The van der Waals surface area contributed by atoms with E-state index in [4.69, 9.17) is 0 Å². The second-order valence-electron chi connectivity index (χ2n) is 2.22. The van der Waals surface area contributed by atoms with Crippen LogP contribution in [0, 0.1) is 0 Å². The summed E-state index contributed by atoms with van der Waals surface area (Å²) in [5, 5.41) is 2.75. The molecule has 0 saturated heterocycles. The van der Waals surface area contributed by atoms with Crippen LogP contribution in [0.4, 0.5) is 0 Å². The van der Waals surface area contributed by atoms with Crippen LogP contribution in [0.1, 0.15) is 5.69 Å². The van der Waals surface area contributed by atoms with Crippen LogP contribution in [-0.4, -0.2) is 18.3 Å². The van der Waals surface area contributed by atoms with E-state index in [9.17, 15) is 4.79 Å². The Labute approximate surface area is 71.1 Å². The quantitative estimate of drug-likeness (QED) is 0.529. The number of aromatic nitrogens is 1. The first-order valence-electron chi connectivity index (χ1n) is 3.62. The number of carbonyl (C=O) groups excluding carboxylic acids is 1. The molecule has 0 aromatic carbocycles. The Bertz CT molecular complexity index is 280. The van der Waals surface area contributed by atoms with E-state index in [1.807, 2.05) is 18.2 Å². The van der Waals surface area contributed by atoms with Crippen LogP contribution in [0.25, 0.3) is 6.08 Å². The van der Waals surface area contributed by atoms with Gasteiger partial charge in [-0.1, -0.05) is 6.07 Å². The number of rotatable bonds is 3. The first-order valence-corrected chi connectivity index (χ1v) is 3.62. The van der Waals surface area contributed by atoms with E-state index in [1.54, 1.807) is 19.3 Å². The predicted octanol–water partition coefficient (Wildman–Crippen LogP) is 0.841. The van der Waals surface area contributed by atoms with Gasteiger partial charge in [-0.3, -0.25) is 9.78 Å². The lowest BCUT2D eigenvalue weighted by Crippen LogP contribution is -2.06. The second kappa shape index (κ2) is 4.28. The van der Waals surface area contributed by atoms with Crippen LogP contribution < -0.4 is 5.32 Å². The highest BCUT2D eigenvalue weighted by Gasteiger charge is 1.91. The SMILES string of the molecule is CN/C(C=O)=C/c1ccccn1. The molecular formula is C9H10N2O. The highest BCUT2D eigenvalue weighted by molar-refractivity contribution is 5.79. The molecule has 1 N–H and O–H groups in total. The number of pyridine rings is 1. The fourth-order valence-electron chi connectivity index (χ4n) is 0.786. The highest BCUT2D eigenvalue weighted by atomic mass is 16.1. The van der Waals surface area contributed by atoms with Crippen molar-refractivity contribution in [1.82, 2.24) is 10.3 Å². The average molecular weight is 162 g/mol. The summed E-state index contributed by atoms with van der Waals surface area (Å²) in [4.78, 5) is 14.4. The minimum absolute atomic E-state index is 0.522. The maximum Gasteiger partial charge on any atom is 0.165 e. The lowest BCUT2D eigenvalue weighted by Gasteiger charge is -1.96. The Kier molecular flexibility index (Phi) is 3.02. The Balaban J connectivity index is 2.86. The summed E-state index contributed by atoms with van der Waals surface area (Å²) in [5.74, 6) is 0. The predicted molar refractivity (Wildman–Crippen MR) is 47.3 cm³/mol. The first-order chi connectivity index (χ1) is 5.86. The number of carbonyl (C=O) groups is 1. The van der Waals surface area contributed by atoms with Gasteiger partial charge in [0, 0.05) is 13.2 Å². The lowest BCUT2D eigenvalue weighted by molar-refractivity contribution is -0.105. The van der Waals surface area contributed by atoms with Crippen molar-refractivity contribution < 1.29 is 4.79 Å². The fraction of sp³-hybridized carbons (Fsp3) is 0.111. The Hall–Kier alpha value is -1.64. The molecule has 12 heavy (non-hydrogen) atoms. The molecule has 3 nitrogen and oxygen atoms in total. The van der Waals surface area contributed by atoms with Crippen molar-refractivity contribution >= 4 is 12.4 Å². The van der Waals surface area contributed by atoms with E-state index >= 15 is 0 Å². The van der Waals surface area contributed by atoms with E-state index in [0.29, 0.717) is 5.70 Å². The van der Waals surface area contributed by atoms with Crippen LogP contribution in [0.3, 0.4) is 0 Å². The van der Waals surface area contributed by atoms with Gasteiger partial charge < -0.3 is 5.32 Å². The van der Waals surface area contributed by atoms with Gasteiger partial charge in [0.2, 0.25) is 0 Å².